The minimum atomic E-state index is 0.321. The van der Waals surface area contributed by atoms with Gasteiger partial charge in [-0.1, -0.05) is 6.07 Å². The maximum Gasteiger partial charge on any atom is 0.225 e. The van der Waals surface area contributed by atoms with Crippen LogP contribution in [0, 0.1) is 6.92 Å². The molecule has 23 heavy (non-hydrogen) atoms. The molecule has 0 bridgehead atoms. The standard InChI is InChI=1S/C17H20N4OS/c1-13-4-2-5-14(20-13)9-22-15-8-17(23-10-15)11-21(12-17)16-18-6-3-7-19-16/h2-7,15H,8-12H2,1H3/t15-/m0/s1. The zero-order valence-corrected chi connectivity index (χ0v) is 14.0. The monoisotopic (exact) mass is 328 g/mol. The molecule has 2 aliphatic heterocycles. The van der Waals surface area contributed by atoms with Gasteiger partial charge in [-0.15, -0.1) is 11.8 Å². The highest BCUT2D eigenvalue weighted by molar-refractivity contribution is 8.01. The van der Waals surface area contributed by atoms with Gasteiger partial charge in [0.25, 0.3) is 0 Å². The molecule has 0 unspecified atom stereocenters. The topological polar surface area (TPSA) is 51.1 Å². The van der Waals surface area contributed by atoms with Crippen LogP contribution in [0.5, 0.6) is 0 Å². The minimum absolute atomic E-state index is 0.321. The SMILES string of the molecule is Cc1cccc(CO[C@@H]2CSC3(C2)CN(c2ncccn2)C3)n1. The summed E-state index contributed by atoms with van der Waals surface area (Å²) in [6, 6.07) is 7.93. The van der Waals surface area contributed by atoms with E-state index in [0.29, 0.717) is 17.5 Å². The van der Waals surface area contributed by atoms with Crippen LogP contribution in [0.1, 0.15) is 17.8 Å². The number of anilines is 1. The predicted octanol–water partition coefficient (Wildman–Crippen LogP) is 2.46. The lowest BCUT2D eigenvalue weighted by Crippen LogP contribution is -2.59. The first-order valence-electron chi connectivity index (χ1n) is 7.93. The van der Waals surface area contributed by atoms with Crippen LogP contribution in [0.3, 0.4) is 0 Å². The molecule has 2 saturated heterocycles. The molecule has 1 spiro atoms. The van der Waals surface area contributed by atoms with E-state index in [9.17, 15) is 0 Å². The highest BCUT2D eigenvalue weighted by Gasteiger charge is 2.50. The first-order chi connectivity index (χ1) is 11.2. The van der Waals surface area contributed by atoms with Crippen LogP contribution in [0.4, 0.5) is 5.95 Å². The molecule has 0 amide bonds. The fourth-order valence-electron chi connectivity index (χ4n) is 3.26. The third-order valence-corrected chi connectivity index (χ3v) is 5.96. The number of aromatic nitrogens is 3. The van der Waals surface area contributed by atoms with Crippen molar-refractivity contribution < 1.29 is 4.74 Å². The molecule has 120 valence electrons. The van der Waals surface area contributed by atoms with Gasteiger partial charge in [-0.2, -0.15) is 0 Å². The second kappa shape index (κ2) is 6.09. The fourth-order valence-corrected chi connectivity index (χ4v) is 4.81. The summed E-state index contributed by atoms with van der Waals surface area (Å²) in [6.45, 7) is 4.65. The zero-order chi connectivity index (χ0) is 15.7. The quantitative estimate of drug-likeness (QED) is 0.859. The molecular weight excluding hydrogens is 308 g/mol. The third kappa shape index (κ3) is 3.19. The summed E-state index contributed by atoms with van der Waals surface area (Å²) in [6.07, 6.45) is 5.03. The Morgan fingerprint density at radius 2 is 2.09 bits per heavy atom. The van der Waals surface area contributed by atoms with E-state index in [1.54, 1.807) is 12.4 Å². The fraction of sp³-hybridized carbons (Fsp3) is 0.471. The Balaban J connectivity index is 1.29. The summed E-state index contributed by atoms with van der Waals surface area (Å²) in [5.74, 6) is 1.90. The molecule has 0 saturated carbocycles. The largest absolute Gasteiger partial charge is 0.371 e. The molecule has 0 N–H and O–H groups in total. The van der Waals surface area contributed by atoms with Gasteiger partial charge in [0.15, 0.2) is 0 Å². The number of hydrogen-bond acceptors (Lipinski definition) is 6. The average Bonchev–Trinajstić information content (AvgIpc) is 2.97. The van der Waals surface area contributed by atoms with Gasteiger partial charge in [-0.25, -0.2) is 9.97 Å². The summed E-state index contributed by atoms with van der Waals surface area (Å²) < 4.78 is 6.41. The number of hydrogen-bond donors (Lipinski definition) is 0. The summed E-state index contributed by atoms with van der Waals surface area (Å²) in [4.78, 5) is 15.4. The number of nitrogens with zero attached hydrogens (tertiary/aromatic N) is 4. The smallest absolute Gasteiger partial charge is 0.225 e. The maximum atomic E-state index is 6.08. The van der Waals surface area contributed by atoms with Crippen molar-refractivity contribution in [1.29, 1.82) is 0 Å². The summed E-state index contributed by atoms with van der Waals surface area (Å²) in [7, 11) is 0. The van der Waals surface area contributed by atoms with Crippen LogP contribution < -0.4 is 4.90 Å². The van der Waals surface area contributed by atoms with E-state index in [2.05, 4.69) is 19.9 Å². The third-order valence-electron chi connectivity index (χ3n) is 4.38. The molecule has 0 radical (unpaired) electrons. The van der Waals surface area contributed by atoms with Crippen molar-refractivity contribution in [3.05, 3.63) is 48.0 Å². The van der Waals surface area contributed by atoms with Crippen LogP contribution >= 0.6 is 11.8 Å². The van der Waals surface area contributed by atoms with Crippen LogP contribution in [-0.4, -0.2) is 44.6 Å². The Hall–Kier alpha value is -1.66. The summed E-state index contributed by atoms with van der Waals surface area (Å²) in [5, 5.41) is 0. The van der Waals surface area contributed by atoms with E-state index in [-0.39, 0.29) is 0 Å². The second-order valence-electron chi connectivity index (χ2n) is 6.31. The van der Waals surface area contributed by atoms with E-state index in [1.165, 1.54) is 0 Å². The molecule has 2 aliphatic rings. The number of thioether (sulfide) groups is 1. The van der Waals surface area contributed by atoms with E-state index in [4.69, 9.17) is 4.74 Å². The maximum absolute atomic E-state index is 6.08. The lowest BCUT2D eigenvalue weighted by atomic mass is 9.93. The number of pyridine rings is 1. The van der Waals surface area contributed by atoms with Crippen molar-refractivity contribution in [2.45, 2.75) is 30.8 Å². The Morgan fingerprint density at radius 3 is 2.87 bits per heavy atom. The second-order valence-corrected chi connectivity index (χ2v) is 7.79. The molecule has 2 aromatic heterocycles. The predicted molar refractivity (Wildman–Crippen MR) is 91.6 cm³/mol. The van der Waals surface area contributed by atoms with E-state index < -0.39 is 0 Å². The lowest BCUT2D eigenvalue weighted by Gasteiger charge is -2.47. The van der Waals surface area contributed by atoms with E-state index >= 15 is 0 Å². The van der Waals surface area contributed by atoms with Crippen molar-refractivity contribution >= 4 is 17.7 Å². The van der Waals surface area contributed by atoms with Gasteiger partial charge < -0.3 is 9.64 Å². The van der Waals surface area contributed by atoms with Gasteiger partial charge in [0, 0.05) is 36.9 Å². The number of ether oxygens (including phenoxy) is 1. The van der Waals surface area contributed by atoms with Crippen molar-refractivity contribution in [3.8, 4) is 0 Å². The van der Waals surface area contributed by atoms with Crippen molar-refractivity contribution in [2.24, 2.45) is 0 Å². The Morgan fingerprint density at radius 1 is 1.26 bits per heavy atom. The molecule has 2 aromatic rings. The Bertz CT molecular complexity index is 675. The molecular formula is C17H20N4OS. The van der Waals surface area contributed by atoms with Gasteiger partial charge in [0.1, 0.15) is 0 Å². The van der Waals surface area contributed by atoms with Crippen molar-refractivity contribution in [2.75, 3.05) is 23.7 Å². The van der Waals surface area contributed by atoms with E-state index in [0.717, 1.165) is 42.6 Å². The van der Waals surface area contributed by atoms with Crippen molar-refractivity contribution in [3.63, 3.8) is 0 Å². The van der Waals surface area contributed by atoms with Gasteiger partial charge in [0.2, 0.25) is 5.95 Å². The van der Waals surface area contributed by atoms with Crippen LogP contribution in [0.25, 0.3) is 0 Å². The first kappa shape index (κ1) is 14.9. The van der Waals surface area contributed by atoms with Crippen LogP contribution in [0.15, 0.2) is 36.7 Å². The Kier molecular flexibility index (Phi) is 3.95. The average molecular weight is 328 g/mol. The molecule has 4 rings (SSSR count). The highest BCUT2D eigenvalue weighted by Crippen LogP contribution is 2.46. The molecule has 0 aromatic carbocycles. The highest BCUT2D eigenvalue weighted by atomic mass is 32.2. The van der Waals surface area contributed by atoms with Gasteiger partial charge in [-0.05, 0) is 31.5 Å². The van der Waals surface area contributed by atoms with Gasteiger partial charge in [0.05, 0.1) is 23.2 Å². The van der Waals surface area contributed by atoms with Gasteiger partial charge >= 0.3 is 0 Å². The lowest BCUT2D eigenvalue weighted by molar-refractivity contribution is 0.0458. The molecule has 2 fully saturated rings. The van der Waals surface area contributed by atoms with Crippen LogP contribution in [-0.2, 0) is 11.3 Å². The first-order valence-corrected chi connectivity index (χ1v) is 8.91. The molecule has 1 atom stereocenters. The van der Waals surface area contributed by atoms with Crippen molar-refractivity contribution in [1.82, 2.24) is 15.0 Å². The molecule has 5 nitrogen and oxygen atoms in total. The minimum Gasteiger partial charge on any atom is -0.371 e. The summed E-state index contributed by atoms with van der Waals surface area (Å²) in [5.41, 5.74) is 2.06. The zero-order valence-electron chi connectivity index (χ0n) is 13.2. The van der Waals surface area contributed by atoms with Gasteiger partial charge in [-0.3, -0.25) is 4.98 Å². The number of rotatable bonds is 4. The molecule has 6 heteroatoms. The normalized spacial score (nSPS) is 22.3. The number of aryl methyl sites for hydroxylation is 1. The van der Waals surface area contributed by atoms with Crippen LogP contribution in [0.2, 0.25) is 0 Å². The summed E-state index contributed by atoms with van der Waals surface area (Å²) >= 11 is 2.03. The molecule has 4 heterocycles. The Labute approximate surface area is 140 Å². The van der Waals surface area contributed by atoms with E-state index in [1.807, 2.05) is 43.0 Å². The molecule has 0 aliphatic carbocycles.